The van der Waals surface area contributed by atoms with Gasteiger partial charge in [-0.2, -0.15) is 22.7 Å². The minimum atomic E-state index is 0.525. The van der Waals surface area contributed by atoms with Crippen LogP contribution in [-0.2, 0) is 0 Å². The molecule has 0 saturated heterocycles. The Bertz CT molecular complexity index is 416. The largest absolute Gasteiger partial charge is 0.311 e. The molecule has 0 aliphatic rings. The molecule has 0 aliphatic carbocycles. The minimum Gasteiger partial charge on any atom is -0.311 e. The van der Waals surface area contributed by atoms with Crippen molar-refractivity contribution in [3.8, 4) is 0 Å². The highest BCUT2D eigenvalue weighted by Gasteiger charge is 2.05. The molecule has 1 N–H and O–H groups in total. The summed E-state index contributed by atoms with van der Waals surface area (Å²) in [7, 11) is 0. The van der Waals surface area contributed by atoms with Crippen molar-refractivity contribution in [3.63, 3.8) is 0 Å². The summed E-state index contributed by atoms with van der Waals surface area (Å²) in [5.74, 6) is 0. The van der Waals surface area contributed by atoms with Crippen molar-refractivity contribution in [2.45, 2.75) is 19.9 Å². The molecule has 3 heteroatoms. The first kappa shape index (κ1) is 12.6. The van der Waals surface area contributed by atoms with Crippen LogP contribution in [0.3, 0.4) is 0 Å². The van der Waals surface area contributed by atoms with Gasteiger partial charge in [0.25, 0.3) is 0 Å². The monoisotopic (exact) mass is 263 g/mol. The van der Waals surface area contributed by atoms with Gasteiger partial charge in [-0.1, -0.05) is 19.9 Å². The van der Waals surface area contributed by atoms with E-state index < -0.39 is 0 Å². The Morgan fingerprint density at radius 2 is 1.76 bits per heavy atom. The van der Waals surface area contributed by atoms with Crippen LogP contribution in [0.25, 0.3) is 5.57 Å². The van der Waals surface area contributed by atoms with Crippen LogP contribution >= 0.6 is 22.7 Å². The van der Waals surface area contributed by atoms with E-state index in [2.05, 4.69) is 58.9 Å². The van der Waals surface area contributed by atoms with Crippen LogP contribution < -0.4 is 5.32 Å². The highest BCUT2D eigenvalue weighted by Crippen LogP contribution is 2.26. The Balaban J connectivity index is 2.19. The molecule has 2 aromatic heterocycles. The van der Waals surface area contributed by atoms with Gasteiger partial charge in [0.15, 0.2) is 0 Å². The molecule has 0 amide bonds. The average Bonchev–Trinajstić information content (AvgIpc) is 2.97. The molecule has 1 nitrogen and oxygen atoms in total. The van der Waals surface area contributed by atoms with Gasteiger partial charge >= 0.3 is 0 Å². The number of hydrogen-bond acceptors (Lipinski definition) is 3. The maximum absolute atomic E-state index is 3.43. The van der Waals surface area contributed by atoms with E-state index in [4.69, 9.17) is 0 Å². The third-order valence-corrected chi connectivity index (χ3v) is 3.86. The third-order valence-electron chi connectivity index (χ3n) is 2.50. The summed E-state index contributed by atoms with van der Waals surface area (Å²) in [5, 5.41) is 12.1. The average molecular weight is 263 g/mol. The van der Waals surface area contributed by atoms with Gasteiger partial charge in [-0.25, -0.2) is 0 Å². The quantitative estimate of drug-likeness (QED) is 0.851. The summed E-state index contributed by atoms with van der Waals surface area (Å²) in [6, 6.07) is 4.89. The van der Waals surface area contributed by atoms with Crippen LogP contribution in [0.4, 0.5) is 0 Å². The number of thiophene rings is 2. The van der Waals surface area contributed by atoms with Gasteiger partial charge < -0.3 is 5.32 Å². The molecular weight excluding hydrogens is 246 g/mol. The highest BCUT2D eigenvalue weighted by atomic mass is 32.1. The molecule has 0 spiro atoms. The van der Waals surface area contributed by atoms with E-state index >= 15 is 0 Å². The molecule has 0 aromatic carbocycles. The van der Waals surface area contributed by atoms with Crippen molar-refractivity contribution < 1.29 is 0 Å². The molecule has 2 aromatic rings. The molecule has 0 bridgehead atoms. The van der Waals surface area contributed by atoms with Gasteiger partial charge in [-0.05, 0) is 50.4 Å². The smallest absolute Gasteiger partial charge is 0.0146 e. The zero-order chi connectivity index (χ0) is 12.1. The summed E-state index contributed by atoms with van der Waals surface area (Å²) in [6.07, 6.45) is 2.28. The molecule has 2 rings (SSSR count). The molecule has 0 radical (unpaired) electrons. The van der Waals surface area contributed by atoms with E-state index in [1.165, 1.54) is 16.7 Å². The minimum absolute atomic E-state index is 0.525. The second kappa shape index (κ2) is 6.15. The molecule has 17 heavy (non-hydrogen) atoms. The highest BCUT2D eigenvalue weighted by molar-refractivity contribution is 7.08. The first-order chi connectivity index (χ1) is 8.27. The first-order valence-corrected chi connectivity index (χ1v) is 7.64. The maximum Gasteiger partial charge on any atom is 0.0146 e. The zero-order valence-electron chi connectivity index (χ0n) is 10.1. The van der Waals surface area contributed by atoms with Gasteiger partial charge in [-0.3, -0.25) is 0 Å². The number of rotatable bonds is 5. The summed E-state index contributed by atoms with van der Waals surface area (Å²) in [5.41, 5.74) is 3.97. The molecule has 90 valence electrons. The Morgan fingerprint density at radius 1 is 1.18 bits per heavy atom. The predicted octanol–water partition coefficient (Wildman–Crippen LogP) is 4.24. The zero-order valence-corrected chi connectivity index (χ0v) is 11.8. The van der Waals surface area contributed by atoms with E-state index in [1.807, 2.05) is 0 Å². The lowest BCUT2D eigenvalue weighted by Crippen LogP contribution is -2.22. The molecule has 0 unspecified atom stereocenters. The fourth-order valence-corrected chi connectivity index (χ4v) is 2.95. The summed E-state index contributed by atoms with van der Waals surface area (Å²) >= 11 is 3.49. The Labute approximate surface area is 111 Å². The topological polar surface area (TPSA) is 12.0 Å². The Kier molecular flexibility index (Phi) is 4.54. The third kappa shape index (κ3) is 3.53. The maximum atomic E-state index is 3.43. The summed E-state index contributed by atoms with van der Waals surface area (Å²) < 4.78 is 0. The molecule has 0 fully saturated rings. The van der Waals surface area contributed by atoms with Crippen LogP contribution in [0.1, 0.15) is 25.0 Å². The van der Waals surface area contributed by atoms with Crippen molar-refractivity contribution in [3.05, 3.63) is 50.9 Å². The molecule has 0 aliphatic heterocycles. The van der Waals surface area contributed by atoms with Gasteiger partial charge in [0, 0.05) is 12.6 Å². The molecule has 0 saturated carbocycles. The fourth-order valence-electron chi connectivity index (χ4n) is 1.63. The van der Waals surface area contributed by atoms with E-state index in [1.54, 1.807) is 22.7 Å². The second-order valence-electron chi connectivity index (χ2n) is 4.20. The fraction of sp³-hybridized carbons (Fsp3) is 0.286. The lowest BCUT2D eigenvalue weighted by Gasteiger charge is -2.07. The van der Waals surface area contributed by atoms with Crippen LogP contribution in [0.5, 0.6) is 0 Å². The Hall–Kier alpha value is -0.900. The molecular formula is C14H17NS2. The molecule has 2 heterocycles. The standard InChI is InChI=1S/C14H17NS2/c1-11(2)15-6-3-14(12-4-7-16-9-12)13-5-8-17-10-13/h3-5,7-11,15H,6H2,1-2H3. The normalized spacial score (nSPS) is 10.8. The number of nitrogens with one attached hydrogen (secondary N) is 1. The Morgan fingerprint density at radius 3 is 2.18 bits per heavy atom. The van der Waals surface area contributed by atoms with E-state index in [9.17, 15) is 0 Å². The van der Waals surface area contributed by atoms with Gasteiger partial charge in [0.1, 0.15) is 0 Å². The first-order valence-electron chi connectivity index (χ1n) is 5.76. The van der Waals surface area contributed by atoms with Crippen LogP contribution in [-0.4, -0.2) is 12.6 Å². The van der Waals surface area contributed by atoms with Crippen molar-refractivity contribution in [2.24, 2.45) is 0 Å². The van der Waals surface area contributed by atoms with Crippen molar-refractivity contribution in [2.75, 3.05) is 6.54 Å². The van der Waals surface area contributed by atoms with Crippen molar-refractivity contribution in [1.82, 2.24) is 5.32 Å². The van der Waals surface area contributed by atoms with E-state index in [0.717, 1.165) is 6.54 Å². The predicted molar refractivity (Wildman–Crippen MR) is 78.9 cm³/mol. The van der Waals surface area contributed by atoms with Crippen LogP contribution in [0.15, 0.2) is 39.7 Å². The SMILES string of the molecule is CC(C)NCC=C(c1ccsc1)c1ccsc1. The van der Waals surface area contributed by atoms with E-state index in [0.29, 0.717) is 6.04 Å². The second-order valence-corrected chi connectivity index (χ2v) is 5.76. The van der Waals surface area contributed by atoms with Crippen LogP contribution in [0.2, 0.25) is 0 Å². The number of hydrogen-bond donors (Lipinski definition) is 1. The summed E-state index contributed by atoms with van der Waals surface area (Å²) in [6.45, 7) is 5.25. The van der Waals surface area contributed by atoms with Crippen LogP contribution in [0, 0.1) is 0 Å². The van der Waals surface area contributed by atoms with Gasteiger partial charge in [-0.15, -0.1) is 0 Å². The van der Waals surface area contributed by atoms with Gasteiger partial charge in [0.05, 0.1) is 0 Å². The van der Waals surface area contributed by atoms with E-state index in [-0.39, 0.29) is 0 Å². The van der Waals surface area contributed by atoms with Crippen molar-refractivity contribution in [1.29, 1.82) is 0 Å². The molecule has 0 atom stereocenters. The lowest BCUT2D eigenvalue weighted by atomic mass is 10.0. The lowest BCUT2D eigenvalue weighted by molar-refractivity contribution is 0.633. The van der Waals surface area contributed by atoms with Crippen molar-refractivity contribution >= 4 is 28.2 Å². The summed E-state index contributed by atoms with van der Waals surface area (Å²) in [4.78, 5) is 0. The van der Waals surface area contributed by atoms with Gasteiger partial charge in [0.2, 0.25) is 0 Å².